The van der Waals surface area contributed by atoms with Gasteiger partial charge in [0.25, 0.3) is 5.91 Å². The van der Waals surface area contributed by atoms with E-state index in [-0.39, 0.29) is 5.91 Å². The molecule has 1 atom stereocenters. The number of aromatic nitrogens is 2. The van der Waals surface area contributed by atoms with Crippen LogP contribution in [0.25, 0.3) is 0 Å². The van der Waals surface area contributed by atoms with E-state index in [4.69, 9.17) is 5.73 Å². The fourth-order valence-corrected chi connectivity index (χ4v) is 0.890. The highest BCUT2D eigenvalue weighted by atomic mass is 16.2. The summed E-state index contributed by atoms with van der Waals surface area (Å²) in [6.45, 7) is 1.52. The number of amides is 2. The Morgan fingerprint density at radius 3 is 2.71 bits per heavy atom. The number of carbonyl (C=O) groups is 2. The molecule has 0 aliphatic heterocycles. The summed E-state index contributed by atoms with van der Waals surface area (Å²) in [7, 11) is 1.70. The second kappa shape index (κ2) is 3.91. The molecule has 76 valence electrons. The topological polar surface area (TPSA) is 90.0 Å². The van der Waals surface area contributed by atoms with Gasteiger partial charge in [0.1, 0.15) is 6.04 Å². The molecule has 1 aromatic heterocycles. The van der Waals surface area contributed by atoms with Crippen LogP contribution in [-0.4, -0.2) is 27.6 Å². The highest BCUT2D eigenvalue weighted by Crippen LogP contribution is 1.96. The predicted octanol–water partition coefficient (Wildman–Crippen LogP) is -0.976. The van der Waals surface area contributed by atoms with E-state index in [2.05, 4.69) is 10.4 Å². The van der Waals surface area contributed by atoms with Crippen LogP contribution in [0.5, 0.6) is 0 Å². The Kier molecular flexibility index (Phi) is 2.85. The average Bonchev–Trinajstić information content (AvgIpc) is 2.51. The molecule has 6 heteroatoms. The molecule has 3 N–H and O–H groups in total. The molecule has 14 heavy (non-hydrogen) atoms. The van der Waals surface area contributed by atoms with Crippen LogP contribution < -0.4 is 11.1 Å². The van der Waals surface area contributed by atoms with Crippen molar-refractivity contribution in [2.45, 2.75) is 13.0 Å². The first-order valence-electron chi connectivity index (χ1n) is 4.09. The molecule has 0 aliphatic rings. The smallest absolute Gasteiger partial charge is 0.255 e. The maximum atomic E-state index is 11.4. The highest BCUT2D eigenvalue weighted by Gasteiger charge is 2.14. The lowest BCUT2D eigenvalue weighted by Gasteiger charge is -2.08. The van der Waals surface area contributed by atoms with E-state index in [9.17, 15) is 9.59 Å². The van der Waals surface area contributed by atoms with Gasteiger partial charge in [-0.1, -0.05) is 0 Å². The Morgan fingerprint density at radius 2 is 2.29 bits per heavy atom. The van der Waals surface area contributed by atoms with Crippen molar-refractivity contribution in [3.05, 3.63) is 18.0 Å². The van der Waals surface area contributed by atoms with E-state index in [0.29, 0.717) is 5.56 Å². The number of hydrogen-bond acceptors (Lipinski definition) is 3. The minimum absolute atomic E-state index is 0.357. The van der Waals surface area contributed by atoms with E-state index in [0.717, 1.165) is 0 Å². The van der Waals surface area contributed by atoms with Gasteiger partial charge in [0.15, 0.2) is 0 Å². The van der Waals surface area contributed by atoms with E-state index in [1.54, 1.807) is 13.2 Å². The molecule has 0 fully saturated rings. The largest absolute Gasteiger partial charge is 0.368 e. The Bertz CT molecular complexity index is 358. The van der Waals surface area contributed by atoms with Gasteiger partial charge in [0.05, 0.1) is 11.8 Å². The van der Waals surface area contributed by atoms with E-state index < -0.39 is 11.9 Å². The van der Waals surface area contributed by atoms with Gasteiger partial charge in [0.2, 0.25) is 5.91 Å². The minimum Gasteiger partial charge on any atom is -0.368 e. The lowest BCUT2D eigenvalue weighted by Crippen LogP contribution is -2.42. The molecule has 0 bridgehead atoms. The van der Waals surface area contributed by atoms with Crippen molar-refractivity contribution >= 4 is 11.8 Å². The maximum Gasteiger partial charge on any atom is 0.255 e. The van der Waals surface area contributed by atoms with Gasteiger partial charge in [0, 0.05) is 13.2 Å². The summed E-state index contributed by atoms with van der Waals surface area (Å²) >= 11 is 0. The minimum atomic E-state index is -0.678. The number of primary amides is 1. The number of nitrogens with zero attached hydrogens (tertiary/aromatic N) is 2. The summed E-state index contributed by atoms with van der Waals surface area (Å²) in [5.41, 5.74) is 5.40. The van der Waals surface area contributed by atoms with Gasteiger partial charge in [-0.15, -0.1) is 0 Å². The van der Waals surface area contributed by atoms with Crippen LogP contribution in [0.1, 0.15) is 17.3 Å². The summed E-state index contributed by atoms with van der Waals surface area (Å²) in [6, 6.07) is -0.678. The quantitative estimate of drug-likeness (QED) is 0.651. The zero-order valence-corrected chi connectivity index (χ0v) is 8.02. The molecule has 6 nitrogen and oxygen atoms in total. The number of rotatable bonds is 3. The normalized spacial score (nSPS) is 12.1. The summed E-state index contributed by atoms with van der Waals surface area (Å²) in [6.07, 6.45) is 2.98. The molecule has 0 spiro atoms. The lowest BCUT2D eigenvalue weighted by atomic mass is 10.3. The molecule has 0 saturated heterocycles. The van der Waals surface area contributed by atoms with Gasteiger partial charge in [-0.05, 0) is 6.92 Å². The molecular formula is C8H12N4O2. The number of carbonyl (C=O) groups excluding carboxylic acids is 2. The number of nitrogens with two attached hydrogens (primary N) is 1. The Labute approximate surface area is 81.1 Å². The third-order valence-corrected chi connectivity index (χ3v) is 1.74. The standard InChI is InChI=1S/C8H12N4O2/c1-5(7(9)13)11-8(14)6-3-10-12(2)4-6/h3-5H,1-2H3,(H2,9,13)(H,11,14)/t5-/m1/s1. The highest BCUT2D eigenvalue weighted by molar-refractivity contribution is 5.96. The van der Waals surface area contributed by atoms with Gasteiger partial charge in [-0.25, -0.2) is 0 Å². The van der Waals surface area contributed by atoms with Crippen molar-refractivity contribution in [3.8, 4) is 0 Å². The van der Waals surface area contributed by atoms with E-state index in [1.807, 2.05) is 0 Å². The number of aryl methyl sites for hydroxylation is 1. The summed E-state index contributed by atoms with van der Waals surface area (Å²) < 4.78 is 1.50. The third kappa shape index (κ3) is 2.32. The molecule has 0 radical (unpaired) electrons. The monoisotopic (exact) mass is 196 g/mol. The average molecular weight is 196 g/mol. The Hall–Kier alpha value is -1.85. The van der Waals surface area contributed by atoms with Crippen LogP contribution in [0.4, 0.5) is 0 Å². The van der Waals surface area contributed by atoms with Gasteiger partial charge in [-0.2, -0.15) is 5.10 Å². The van der Waals surface area contributed by atoms with Crippen LogP contribution in [-0.2, 0) is 11.8 Å². The molecule has 1 rings (SSSR count). The molecule has 1 aromatic rings. The van der Waals surface area contributed by atoms with Crippen LogP contribution in [0.15, 0.2) is 12.4 Å². The fraction of sp³-hybridized carbons (Fsp3) is 0.375. The van der Waals surface area contributed by atoms with Crippen molar-refractivity contribution < 1.29 is 9.59 Å². The van der Waals surface area contributed by atoms with Crippen LogP contribution >= 0.6 is 0 Å². The first kappa shape index (κ1) is 10.2. The first-order chi connectivity index (χ1) is 6.50. The van der Waals surface area contributed by atoms with Crippen molar-refractivity contribution in [2.24, 2.45) is 12.8 Å². The predicted molar refractivity (Wildman–Crippen MR) is 49.3 cm³/mol. The zero-order valence-electron chi connectivity index (χ0n) is 8.02. The second-order valence-electron chi connectivity index (χ2n) is 3.00. The van der Waals surface area contributed by atoms with Crippen LogP contribution in [0.3, 0.4) is 0 Å². The molecule has 0 aliphatic carbocycles. The van der Waals surface area contributed by atoms with Gasteiger partial charge in [-0.3, -0.25) is 14.3 Å². The first-order valence-corrected chi connectivity index (χ1v) is 4.09. The number of nitrogens with one attached hydrogen (secondary N) is 1. The van der Waals surface area contributed by atoms with E-state index in [1.165, 1.54) is 17.8 Å². The molecule has 0 unspecified atom stereocenters. The zero-order chi connectivity index (χ0) is 10.7. The molecule has 0 aromatic carbocycles. The fourth-order valence-electron chi connectivity index (χ4n) is 0.890. The van der Waals surface area contributed by atoms with Crippen molar-refractivity contribution in [3.63, 3.8) is 0 Å². The second-order valence-corrected chi connectivity index (χ2v) is 3.00. The molecule has 0 saturated carbocycles. The van der Waals surface area contributed by atoms with Gasteiger partial charge < -0.3 is 11.1 Å². The van der Waals surface area contributed by atoms with Crippen molar-refractivity contribution in [2.75, 3.05) is 0 Å². The SMILES string of the molecule is C[C@@H](NC(=O)c1cnn(C)c1)C(N)=O. The number of hydrogen-bond donors (Lipinski definition) is 2. The molecular weight excluding hydrogens is 184 g/mol. The molecule has 1 heterocycles. The Morgan fingerprint density at radius 1 is 1.64 bits per heavy atom. The lowest BCUT2D eigenvalue weighted by molar-refractivity contribution is -0.119. The van der Waals surface area contributed by atoms with Crippen molar-refractivity contribution in [1.29, 1.82) is 0 Å². The summed E-state index contributed by atoms with van der Waals surface area (Å²) in [5.74, 6) is -0.924. The van der Waals surface area contributed by atoms with E-state index >= 15 is 0 Å². The van der Waals surface area contributed by atoms with Crippen molar-refractivity contribution in [1.82, 2.24) is 15.1 Å². The third-order valence-electron chi connectivity index (χ3n) is 1.74. The Balaban J connectivity index is 2.63. The van der Waals surface area contributed by atoms with Gasteiger partial charge >= 0.3 is 0 Å². The van der Waals surface area contributed by atoms with Crippen LogP contribution in [0.2, 0.25) is 0 Å². The van der Waals surface area contributed by atoms with Crippen LogP contribution in [0, 0.1) is 0 Å². The molecule has 2 amide bonds. The summed E-state index contributed by atoms with van der Waals surface area (Å²) in [5, 5.41) is 6.27. The summed E-state index contributed by atoms with van der Waals surface area (Å²) in [4.78, 5) is 22.1. The maximum absolute atomic E-state index is 11.4.